The molecule has 0 aliphatic heterocycles. The smallest absolute Gasteiger partial charge is 0.255 e. The Labute approximate surface area is 150 Å². The largest absolute Gasteiger partial charge is 0.493 e. The van der Waals surface area contributed by atoms with Crippen LogP contribution in [0.2, 0.25) is 5.02 Å². The number of primary amides is 1. The molecule has 1 aromatic carbocycles. The molecule has 0 fully saturated rings. The molecule has 0 aliphatic rings. The molecule has 2 aromatic rings. The van der Waals surface area contributed by atoms with Gasteiger partial charge in [0.1, 0.15) is 0 Å². The first-order valence-corrected chi connectivity index (χ1v) is 7.74. The Kier molecular flexibility index (Phi) is 6.19. The second-order valence-electron chi connectivity index (χ2n) is 5.23. The van der Waals surface area contributed by atoms with Crippen LogP contribution in [-0.2, 0) is 11.3 Å². The Balaban J connectivity index is 2.21. The molecule has 0 radical (unpaired) electrons. The summed E-state index contributed by atoms with van der Waals surface area (Å²) in [4.78, 5) is 29.2. The lowest BCUT2D eigenvalue weighted by atomic mass is 10.1. The molecule has 1 heterocycles. The third kappa shape index (κ3) is 4.84. The van der Waals surface area contributed by atoms with E-state index in [1.165, 1.54) is 24.1 Å². The average molecular weight is 364 g/mol. The first-order valence-electron chi connectivity index (χ1n) is 7.36. The summed E-state index contributed by atoms with van der Waals surface area (Å²) in [6, 6.07) is 8.45. The van der Waals surface area contributed by atoms with E-state index in [4.69, 9.17) is 26.8 Å². The molecule has 0 saturated carbocycles. The number of benzene rings is 1. The number of carbonyl (C=O) groups excluding carboxylic acids is 2. The van der Waals surface area contributed by atoms with Crippen LogP contribution in [0.15, 0.2) is 36.5 Å². The van der Waals surface area contributed by atoms with Crippen molar-refractivity contribution in [2.45, 2.75) is 6.54 Å². The van der Waals surface area contributed by atoms with E-state index < -0.39 is 5.91 Å². The molecule has 0 unspecified atom stereocenters. The van der Waals surface area contributed by atoms with E-state index in [1.54, 1.807) is 19.3 Å². The number of ether oxygens (including phenoxy) is 2. The Morgan fingerprint density at radius 1 is 1.32 bits per heavy atom. The third-order valence-corrected chi connectivity index (χ3v) is 3.59. The van der Waals surface area contributed by atoms with Gasteiger partial charge in [0.2, 0.25) is 0 Å². The van der Waals surface area contributed by atoms with E-state index in [1.807, 2.05) is 12.1 Å². The number of nitrogens with two attached hydrogens (primary N) is 1. The summed E-state index contributed by atoms with van der Waals surface area (Å²) in [5, 5.41) is 0.148. The molecule has 0 saturated heterocycles. The summed E-state index contributed by atoms with van der Waals surface area (Å²) in [5.41, 5.74) is 6.15. The maximum atomic E-state index is 12.6. The molecule has 2 N–H and O–H groups in total. The number of amides is 2. The fourth-order valence-corrected chi connectivity index (χ4v) is 2.42. The second-order valence-corrected chi connectivity index (χ2v) is 5.63. The fraction of sp³-hybridized carbons (Fsp3) is 0.235. The highest BCUT2D eigenvalue weighted by molar-refractivity contribution is 6.32. The van der Waals surface area contributed by atoms with Crippen molar-refractivity contribution in [1.29, 1.82) is 0 Å². The van der Waals surface area contributed by atoms with Crippen LogP contribution in [-0.4, -0.2) is 42.5 Å². The minimum absolute atomic E-state index is 0.148. The number of aromatic nitrogens is 1. The van der Waals surface area contributed by atoms with Crippen LogP contribution in [0.25, 0.3) is 0 Å². The Bertz CT molecular complexity index is 768. The van der Waals surface area contributed by atoms with Gasteiger partial charge < -0.3 is 20.1 Å². The molecule has 7 nitrogen and oxygen atoms in total. The lowest BCUT2D eigenvalue weighted by Crippen LogP contribution is -2.26. The number of rotatable bonds is 7. The molecule has 0 bridgehead atoms. The van der Waals surface area contributed by atoms with Gasteiger partial charge in [-0.25, -0.2) is 0 Å². The highest BCUT2D eigenvalue weighted by atomic mass is 35.5. The van der Waals surface area contributed by atoms with Crippen LogP contribution in [0.3, 0.4) is 0 Å². The van der Waals surface area contributed by atoms with Crippen LogP contribution < -0.4 is 15.2 Å². The number of carbonyl (C=O) groups is 2. The van der Waals surface area contributed by atoms with Crippen LogP contribution in [0.1, 0.15) is 16.1 Å². The molecule has 0 spiro atoms. The van der Waals surface area contributed by atoms with Crippen LogP contribution in [0.5, 0.6) is 11.5 Å². The van der Waals surface area contributed by atoms with Crippen LogP contribution >= 0.6 is 11.6 Å². The summed E-state index contributed by atoms with van der Waals surface area (Å²) in [5.74, 6) is -0.504. The molecule has 0 aliphatic carbocycles. The van der Waals surface area contributed by atoms with Crippen molar-refractivity contribution in [3.05, 3.63) is 52.8 Å². The monoisotopic (exact) mass is 363 g/mol. The normalized spacial score (nSPS) is 10.2. The number of pyridine rings is 1. The van der Waals surface area contributed by atoms with Gasteiger partial charge in [0.25, 0.3) is 11.8 Å². The van der Waals surface area contributed by atoms with Crippen molar-refractivity contribution in [2.24, 2.45) is 5.73 Å². The van der Waals surface area contributed by atoms with Gasteiger partial charge in [-0.05, 0) is 24.3 Å². The molecule has 2 amide bonds. The summed E-state index contributed by atoms with van der Waals surface area (Å²) in [6.07, 6.45) is 1.67. The van der Waals surface area contributed by atoms with Gasteiger partial charge >= 0.3 is 0 Å². The van der Waals surface area contributed by atoms with Crippen LogP contribution in [0.4, 0.5) is 0 Å². The summed E-state index contributed by atoms with van der Waals surface area (Å²) < 4.78 is 10.4. The average Bonchev–Trinajstić information content (AvgIpc) is 2.60. The van der Waals surface area contributed by atoms with Gasteiger partial charge in [0.05, 0.1) is 24.4 Å². The van der Waals surface area contributed by atoms with E-state index in [0.29, 0.717) is 12.1 Å². The standard InChI is InChI=1S/C17H18ClN3O4/c1-21(9-12-5-3-4-6-20-12)17(23)11-7-13(18)16(14(8-11)24-2)25-10-15(19)22/h3-8H,9-10H2,1-2H3,(H2,19,22). The highest BCUT2D eigenvalue weighted by Gasteiger charge is 2.19. The van der Waals surface area contributed by atoms with Crippen molar-refractivity contribution >= 4 is 23.4 Å². The van der Waals surface area contributed by atoms with Crippen LogP contribution in [0, 0.1) is 0 Å². The summed E-state index contributed by atoms with van der Waals surface area (Å²) in [6.45, 7) is 0.00247. The molecule has 0 atom stereocenters. The summed E-state index contributed by atoms with van der Waals surface area (Å²) in [7, 11) is 3.07. The first-order chi connectivity index (χ1) is 11.9. The number of hydrogen-bond donors (Lipinski definition) is 1. The van der Waals surface area contributed by atoms with Gasteiger partial charge in [-0.2, -0.15) is 0 Å². The van der Waals surface area contributed by atoms with E-state index in [9.17, 15) is 9.59 Å². The molecule has 2 rings (SSSR count). The molecule has 8 heteroatoms. The van der Waals surface area contributed by atoms with E-state index >= 15 is 0 Å². The summed E-state index contributed by atoms with van der Waals surface area (Å²) >= 11 is 6.17. The number of methoxy groups -OCH3 is 1. The molecule has 25 heavy (non-hydrogen) atoms. The molecular weight excluding hydrogens is 346 g/mol. The topological polar surface area (TPSA) is 94.8 Å². The zero-order chi connectivity index (χ0) is 18.4. The Hall–Kier alpha value is -2.80. The van der Waals surface area contributed by atoms with Gasteiger partial charge in [0.15, 0.2) is 18.1 Å². The van der Waals surface area contributed by atoms with E-state index in [2.05, 4.69) is 4.98 Å². The third-order valence-electron chi connectivity index (χ3n) is 3.31. The second kappa shape index (κ2) is 8.34. The van der Waals surface area contributed by atoms with Crippen molar-refractivity contribution in [1.82, 2.24) is 9.88 Å². The first kappa shape index (κ1) is 18.5. The molecule has 1 aromatic heterocycles. The predicted octanol–water partition coefficient (Wildman–Crippen LogP) is 1.88. The highest BCUT2D eigenvalue weighted by Crippen LogP contribution is 2.36. The van der Waals surface area contributed by atoms with Gasteiger partial charge in [-0.3, -0.25) is 14.6 Å². The number of hydrogen-bond acceptors (Lipinski definition) is 5. The SMILES string of the molecule is COc1cc(C(=O)N(C)Cc2ccccn2)cc(Cl)c1OCC(N)=O. The van der Waals surface area contributed by atoms with E-state index in [0.717, 1.165) is 5.69 Å². The maximum Gasteiger partial charge on any atom is 0.255 e. The zero-order valence-electron chi connectivity index (χ0n) is 13.9. The van der Waals surface area contributed by atoms with Gasteiger partial charge in [0, 0.05) is 18.8 Å². The lowest BCUT2D eigenvalue weighted by molar-refractivity contribution is -0.119. The van der Waals surface area contributed by atoms with Crippen molar-refractivity contribution in [3.8, 4) is 11.5 Å². The maximum absolute atomic E-state index is 12.6. The predicted molar refractivity (Wildman–Crippen MR) is 92.7 cm³/mol. The molecule has 132 valence electrons. The Morgan fingerprint density at radius 2 is 2.08 bits per heavy atom. The van der Waals surface area contributed by atoms with Crippen molar-refractivity contribution < 1.29 is 19.1 Å². The quantitative estimate of drug-likeness (QED) is 0.810. The zero-order valence-corrected chi connectivity index (χ0v) is 14.6. The Morgan fingerprint density at radius 3 is 2.68 bits per heavy atom. The number of nitrogens with zero attached hydrogens (tertiary/aromatic N) is 2. The molecular formula is C17H18ClN3O4. The van der Waals surface area contributed by atoms with Crippen molar-refractivity contribution in [3.63, 3.8) is 0 Å². The minimum Gasteiger partial charge on any atom is -0.493 e. The minimum atomic E-state index is -0.645. The van der Waals surface area contributed by atoms with Crippen molar-refractivity contribution in [2.75, 3.05) is 20.8 Å². The lowest BCUT2D eigenvalue weighted by Gasteiger charge is -2.18. The van der Waals surface area contributed by atoms with Gasteiger partial charge in [-0.15, -0.1) is 0 Å². The number of halogens is 1. The van der Waals surface area contributed by atoms with E-state index in [-0.39, 0.29) is 29.0 Å². The fourth-order valence-electron chi connectivity index (χ4n) is 2.15. The van der Waals surface area contributed by atoms with Gasteiger partial charge in [-0.1, -0.05) is 17.7 Å².